The van der Waals surface area contributed by atoms with Gasteiger partial charge in [0.25, 0.3) is 0 Å². The van der Waals surface area contributed by atoms with E-state index >= 15 is 0 Å². The van der Waals surface area contributed by atoms with E-state index < -0.39 is 0 Å². The number of H-pyrrole nitrogens is 1. The molecule has 0 spiro atoms. The van der Waals surface area contributed by atoms with Crippen LogP contribution >= 0.6 is 11.8 Å². The molecule has 6 rings (SSSR count). The first-order valence-corrected chi connectivity index (χ1v) is 13.2. The highest BCUT2D eigenvalue weighted by Gasteiger charge is 2.29. The van der Waals surface area contributed by atoms with E-state index in [2.05, 4.69) is 32.4 Å². The molecule has 2 aliphatic carbocycles. The molecule has 1 aliphatic heterocycles. The number of Topliss-reactive ketones (excluding diaryl/α,β-unsaturated/α-hetero) is 1. The largest absolute Gasteiger partial charge is 0.338 e. The summed E-state index contributed by atoms with van der Waals surface area (Å²) in [4.78, 5) is 31.9. The predicted molar refractivity (Wildman–Crippen MR) is 135 cm³/mol. The van der Waals surface area contributed by atoms with E-state index in [4.69, 9.17) is 15.0 Å². The number of rotatable bonds is 9. The molecule has 2 aromatic heterocycles. The number of ketones is 1. The summed E-state index contributed by atoms with van der Waals surface area (Å²) in [5, 5.41) is 11.4. The summed E-state index contributed by atoms with van der Waals surface area (Å²) in [5.41, 5.74) is 2.23. The molecule has 0 amide bonds. The van der Waals surface area contributed by atoms with Crippen LogP contribution < -0.4 is 10.2 Å². The highest BCUT2D eigenvalue weighted by molar-refractivity contribution is 7.99. The monoisotopic (exact) mass is 490 g/mol. The third kappa shape index (κ3) is 5.65. The average molecular weight is 491 g/mol. The first kappa shape index (κ1) is 22.5. The number of benzene rings is 1. The first-order chi connectivity index (χ1) is 17.1. The van der Waals surface area contributed by atoms with Crippen molar-refractivity contribution in [1.29, 1.82) is 0 Å². The maximum Gasteiger partial charge on any atom is 0.234 e. The number of hydrogen-bond donors (Lipinski definition) is 2. The van der Waals surface area contributed by atoms with Crippen LogP contribution in [0.15, 0.2) is 40.4 Å². The predicted octanol–water partition coefficient (Wildman–Crippen LogP) is 3.64. The highest BCUT2D eigenvalue weighted by Crippen LogP contribution is 2.39. The van der Waals surface area contributed by atoms with Crippen LogP contribution in [0.5, 0.6) is 0 Å². The van der Waals surface area contributed by atoms with Crippen LogP contribution in [-0.2, 0) is 11.2 Å². The Bertz CT molecular complexity index is 1200. The van der Waals surface area contributed by atoms with Gasteiger partial charge in [-0.3, -0.25) is 9.89 Å². The van der Waals surface area contributed by atoms with Crippen molar-refractivity contribution in [3.05, 3.63) is 41.6 Å². The molecule has 0 atom stereocenters. The van der Waals surface area contributed by atoms with Crippen LogP contribution in [-0.4, -0.2) is 69.1 Å². The number of piperazine rings is 1. The molecule has 2 saturated carbocycles. The number of aromatic nitrogens is 5. The summed E-state index contributed by atoms with van der Waals surface area (Å²) in [7, 11) is 2.13. The van der Waals surface area contributed by atoms with Crippen molar-refractivity contribution in [2.45, 2.75) is 48.1 Å². The second-order valence-corrected chi connectivity index (χ2v) is 10.8. The van der Waals surface area contributed by atoms with Crippen LogP contribution in [0, 0.1) is 5.92 Å². The van der Waals surface area contributed by atoms with Gasteiger partial charge in [-0.2, -0.15) is 20.1 Å². The number of aromatic amines is 1. The summed E-state index contributed by atoms with van der Waals surface area (Å²) in [6.07, 6.45) is 5.07. The topological polar surface area (TPSA) is 103 Å². The lowest BCUT2D eigenvalue weighted by Gasteiger charge is -2.32. The van der Waals surface area contributed by atoms with Crippen LogP contribution in [0.3, 0.4) is 0 Å². The Morgan fingerprint density at radius 2 is 1.83 bits per heavy atom. The van der Waals surface area contributed by atoms with Gasteiger partial charge in [0.2, 0.25) is 11.9 Å². The zero-order chi connectivity index (χ0) is 23.8. The maximum atomic E-state index is 12.1. The fourth-order valence-corrected chi connectivity index (χ4v) is 4.99. The number of hydrogen-bond acceptors (Lipinski definition) is 9. The van der Waals surface area contributed by atoms with Crippen molar-refractivity contribution >= 4 is 35.3 Å². The van der Waals surface area contributed by atoms with E-state index in [1.165, 1.54) is 24.6 Å². The molecule has 0 bridgehead atoms. The molecule has 3 aromatic rings. The molecule has 182 valence electrons. The molecule has 3 aliphatic rings. The van der Waals surface area contributed by atoms with E-state index in [-0.39, 0.29) is 0 Å². The maximum absolute atomic E-state index is 12.1. The Morgan fingerprint density at radius 1 is 1.06 bits per heavy atom. The molecule has 1 aromatic carbocycles. The summed E-state index contributed by atoms with van der Waals surface area (Å²) in [6, 6.07) is 10.2. The Kier molecular flexibility index (Phi) is 6.15. The Morgan fingerprint density at radius 3 is 2.54 bits per heavy atom. The molecule has 0 radical (unpaired) electrons. The van der Waals surface area contributed by atoms with E-state index in [0.717, 1.165) is 61.0 Å². The van der Waals surface area contributed by atoms with Crippen molar-refractivity contribution in [2.24, 2.45) is 5.92 Å². The van der Waals surface area contributed by atoms with E-state index in [0.29, 0.717) is 41.1 Å². The van der Waals surface area contributed by atoms with Gasteiger partial charge >= 0.3 is 0 Å². The first-order valence-electron chi connectivity index (χ1n) is 12.4. The number of carbonyl (C=O) groups is 1. The molecule has 10 heteroatoms. The zero-order valence-corrected chi connectivity index (χ0v) is 20.7. The fourth-order valence-electron chi connectivity index (χ4n) is 4.25. The van der Waals surface area contributed by atoms with Crippen LogP contribution in [0.4, 0.5) is 17.7 Å². The SMILES string of the molecule is CN1CCN(c2nc(Nc3cc(C4CC4)[nH]n3)nc(Sc3ccc(CC(=O)C4CC4)cc3)n2)CC1. The van der Waals surface area contributed by atoms with Crippen LogP contribution in [0.25, 0.3) is 0 Å². The quantitative estimate of drug-likeness (QED) is 0.465. The Hall–Kier alpha value is -2.98. The van der Waals surface area contributed by atoms with Gasteiger partial charge < -0.3 is 15.1 Å². The minimum atomic E-state index is 0.294. The molecule has 9 nitrogen and oxygen atoms in total. The lowest BCUT2D eigenvalue weighted by Crippen LogP contribution is -2.45. The number of anilines is 3. The molecule has 0 unspecified atom stereocenters. The third-order valence-electron chi connectivity index (χ3n) is 6.79. The summed E-state index contributed by atoms with van der Waals surface area (Å²) >= 11 is 1.50. The van der Waals surface area contributed by atoms with Crippen molar-refractivity contribution in [3.63, 3.8) is 0 Å². The molecule has 3 heterocycles. The number of carbonyl (C=O) groups excluding carboxylic acids is 1. The van der Waals surface area contributed by atoms with Gasteiger partial charge in [-0.1, -0.05) is 12.1 Å². The molecular weight excluding hydrogens is 460 g/mol. The average Bonchev–Trinajstić information content (AvgIpc) is 3.79. The highest BCUT2D eigenvalue weighted by atomic mass is 32.2. The number of nitrogens with one attached hydrogen (secondary N) is 2. The van der Waals surface area contributed by atoms with E-state index in [9.17, 15) is 4.79 Å². The van der Waals surface area contributed by atoms with Crippen molar-refractivity contribution < 1.29 is 4.79 Å². The van der Waals surface area contributed by atoms with E-state index in [1.807, 2.05) is 30.3 Å². The standard InChI is InChI=1S/C25H30N8OS/c1-32-10-12-33(13-11-32)24-27-23(26-22-15-20(30-31-22)17-4-5-17)28-25(29-24)35-19-8-2-16(3-9-19)14-21(34)18-6-7-18/h2-3,8-9,15,17-18H,4-7,10-14H2,1H3,(H2,26,27,28,29,30,31). The molecule has 35 heavy (non-hydrogen) atoms. The normalized spacial score (nSPS) is 18.6. The van der Waals surface area contributed by atoms with E-state index in [1.54, 1.807) is 0 Å². The summed E-state index contributed by atoms with van der Waals surface area (Å²) in [5.74, 6) is 3.16. The summed E-state index contributed by atoms with van der Waals surface area (Å²) < 4.78 is 0. The van der Waals surface area contributed by atoms with Crippen LogP contribution in [0.2, 0.25) is 0 Å². The lowest BCUT2D eigenvalue weighted by molar-refractivity contribution is -0.119. The van der Waals surface area contributed by atoms with Gasteiger partial charge in [-0.25, -0.2) is 0 Å². The molecular formula is C25H30N8OS. The third-order valence-corrected chi connectivity index (χ3v) is 7.66. The van der Waals surface area contributed by atoms with Gasteiger partial charge in [0, 0.05) is 61.1 Å². The minimum absolute atomic E-state index is 0.294. The molecule has 3 fully saturated rings. The number of nitrogens with zero attached hydrogens (tertiary/aromatic N) is 6. The lowest BCUT2D eigenvalue weighted by atomic mass is 10.1. The van der Waals surface area contributed by atoms with Crippen molar-refractivity contribution in [2.75, 3.05) is 43.4 Å². The summed E-state index contributed by atoms with van der Waals surface area (Å²) in [6.45, 7) is 3.70. The second kappa shape index (κ2) is 9.58. The molecule has 1 saturated heterocycles. The van der Waals surface area contributed by atoms with Crippen molar-refractivity contribution in [3.8, 4) is 0 Å². The van der Waals surface area contributed by atoms with Gasteiger partial charge in [-0.15, -0.1) is 0 Å². The smallest absolute Gasteiger partial charge is 0.234 e. The van der Waals surface area contributed by atoms with Gasteiger partial charge in [0.05, 0.1) is 0 Å². The van der Waals surface area contributed by atoms with Gasteiger partial charge in [0.15, 0.2) is 11.0 Å². The number of likely N-dealkylation sites (N-methyl/N-ethyl adjacent to an activating group) is 1. The van der Waals surface area contributed by atoms with Crippen LogP contribution in [0.1, 0.15) is 42.9 Å². The Labute approximate surface area is 209 Å². The molecule has 2 N–H and O–H groups in total. The van der Waals surface area contributed by atoms with Gasteiger partial charge in [0.1, 0.15) is 5.78 Å². The zero-order valence-electron chi connectivity index (χ0n) is 19.9. The van der Waals surface area contributed by atoms with Gasteiger partial charge in [-0.05, 0) is 62.2 Å². The van der Waals surface area contributed by atoms with Crippen molar-refractivity contribution in [1.82, 2.24) is 30.0 Å². The minimum Gasteiger partial charge on any atom is -0.338 e. The fraction of sp³-hybridized carbons (Fsp3) is 0.480. The second-order valence-electron chi connectivity index (χ2n) is 9.80. The Balaban J connectivity index is 1.21.